The van der Waals surface area contributed by atoms with Gasteiger partial charge in [-0.05, 0) is 25.5 Å². The smallest absolute Gasteiger partial charge is 0.203 e. The first-order valence-electron chi connectivity index (χ1n) is 9.08. The summed E-state index contributed by atoms with van der Waals surface area (Å²) in [5.74, 6) is 2.56. The van der Waals surface area contributed by atoms with Gasteiger partial charge in [-0.3, -0.25) is 0 Å². The van der Waals surface area contributed by atoms with E-state index in [1.54, 1.807) is 28.4 Å². The van der Waals surface area contributed by atoms with Crippen molar-refractivity contribution >= 4 is 5.96 Å². The van der Waals surface area contributed by atoms with Crippen molar-refractivity contribution in [2.45, 2.75) is 19.9 Å². The number of nitrogens with one attached hydrogen (secondary N) is 2. The van der Waals surface area contributed by atoms with Crippen LogP contribution in [0.25, 0.3) is 0 Å². The van der Waals surface area contributed by atoms with E-state index in [9.17, 15) is 0 Å². The van der Waals surface area contributed by atoms with Crippen molar-refractivity contribution in [3.8, 4) is 17.2 Å². The molecule has 8 nitrogen and oxygen atoms in total. The second-order valence-electron chi connectivity index (χ2n) is 5.57. The van der Waals surface area contributed by atoms with Gasteiger partial charge < -0.3 is 34.3 Å². The normalized spacial score (nSPS) is 11.2. The van der Waals surface area contributed by atoms with Crippen molar-refractivity contribution in [3.63, 3.8) is 0 Å². The highest BCUT2D eigenvalue weighted by Gasteiger charge is 2.15. The molecule has 1 rings (SSSR count). The van der Waals surface area contributed by atoms with E-state index in [1.807, 2.05) is 19.1 Å². The highest BCUT2D eigenvalue weighted by atomic mass is 16.5. The number of hydrogen-bond acceptors (Lipinski definition) is 6. The molecule has 27 heavy (non-hydrogen) atoms. The zero-order chi connectivity index (χ0) is 19.9. The molecule has 0 aliphatic heterocycles. The lowest BCUT2D eigenvalue weighted by molar-refractivity contribution is 0.0698. The standard InChI is InChI=1S/C19H33N3O5/c1-6-20-19(21-10-7-11-27-13-12-23-2)22-14-15-8-9-16(24-3)18(26-5)17(15)25-4/h8-9H,6-7,10-14H2,1-5H3,(H2,20,21,22). The summed E-state index contributed by atoms with van der Waals surface area (Å²) in [5, 5.41) is 6.54. The minimum absolute atomic E-state index is 0.448. The number of benzene rings is 1. The van der Waals surface area contributed by atoms with E-state index in [4.69, 9.17) is 23.7 Å². The predicted octanol–water partition coefficient (Wildman–Crippen LogP) is 1.82. The van der Waals surface area contributed by atoms with Crippen LogP contribution < -0.4 is 24.8 Å². The summed E-state index contributed by atoms with van der Waals surface area (Å²) in [6.07, 6.45) is 0.883. The van der Waals surface area contributed by atoms with Crippen LogP contribution in [-0.2, 0) is 16.0 Å². The summed E-state index contributed by atoms with van der Waals surface area (Å²) in [4.78, 5) is 4.63. The average Bonchev–Trinajstić information content (AvgIpc) is 2.70. The van der Waals surface area contributed by atoms with Crippen molar-refractivity contribution in [3.05, 3.63) is 17.7 Å². The Morgan fingerprint density at radius 1 is 0.926 bits per heavy atom. The number of ether oxygens (including phenoxy) is 5. The molecule has 0 amide bonds. The fourth-order valence-electron chi connectivity index (χ4n) is 2.42. The molecule has 1 aromatic carbocycles. The highest BCUT2D eigenvalue weighted by Crippen LogP contribution is 2.39. The Bertz CT molecular complexity index is 567. The number of rotatable bonds is 13. The maximum Gasteiger partial charge on any atom is 0.203 e. The van der Waals surface area contributed by atoms with Crippen LogP contribution in [0.3, 0.4) is 0 Å². The first-order valence-corrected chi connectivity index (χ1v) is 9.08. The van der Waals surface area contributed by atoms with Gasteiger partial charge in [0, 0.05) is 32.4 Å². The van der Waals surface area contributed by atoms with E-state index in [0.29, 0.717) is 43.6 Å². The van der Waals surface area contributed by atoms with Crippen LogP contribution in [-0.4, -0.2) is 67.3 Å². The summed E-state index contributed by atoms with van der Waals surface area (Å²) in [6, 6.07) is 3.78. The number of methoxy groups -OCH3 is 4. The first-order chi connectivity index (χ1) is 13.2. The molecule has 0 bridgehead atoms. The lowest BCUT2D eigenvalue weighted by atomic mass is 10.1. The number of guanidine groups is 1. The molecular weight excluding hydrogens is 350 g/mol. The van der Waals surface area contributed by atoms with Crippen molar-refractivity contribution in [1.29, 1.82) is 0 Å². The van der Waals surface area contributed by atoms with Crippen molar-refractivity contribution in [2.24, 2.45) is 4.99 Å². The van der Waals surface area contributed by atoms with Crippen molar-refractivity contribution < 1.29 is 23.7 Å². The van der Waals surface area contributed by atoms with Gasteiger partial charge in [0.2, 0.25) is 5.75 Å². The molecule has 0 radical (unpaired) electrons. The van der Waals surface area contributed by atoms with Crippen LogP contribution in [0.15, 0.2) is 17.1 Å². The molecule has 0 saturated heterocycles. The van der Waals surface area contributed by atoms with Gasteiger partial charge in [-0.1, -0.05) is 0 Å². The number of hydrogen-bond donors (Lipinski definition) is 2. The number of nitrogens with zero attached hydrogens (tertiary/aromatic N) is 1. The summed E-state index contributed by atoms with van der Waals surface area (Å²) < 4.78 is 26.6. The average molecular weight is 383 g/mol. The van der Waals surface area contributed by atoms with Gasteiger partial charge in [0.05, 0.1) is 41.1 Å². The lowest BCUT2D eigenvalue weighted by Crippen LogP contribution is -2.38. The monoisotopic (exact) mass is 383 g/mol. The molecule has 2 N–H and O–H groups in total. The van der Waals surface area contributed by atoms with Gasteiger partial charge in [-0.25, -0.2) is 4.99 Å². The Morgan fingerprint density at radius 3 is 2.33 bits per heavy atom. The Morgan fingerprint density at radius 2 is 1.70 bits per heavy atom. The maximum atomic E-state index is 5.51. The van der Waals surface area contributed by atoms with Gasteiger partial charge >= 0.3 is 0 Å². The van der Waals surface area contributed by atoms with Gasteiger partial charge in [-0.2, -0.15) is 0 Å². The predicted molar refractivity (Wildman–Crippen MR) is 106 cm³/mol. The van der Waals surface area contributed by atoms with E-state index in [2.05, 4.69) is 15.6 Å². The molecule has 0 aliphatic carbocycles. The van der Waals surface area contributed by atoms with Gasteiger partial charge in [-0.15, -0.1) is 0 Å². The molecule has 8 heteroatoms. The van der Waals surface area contributed by atoms with Crippen LogP contribution in [0, 0.1) is 0 Å². The van der Waals surface area contributed by atoms with Gasteiger partial charge in [0.15, 0.2) is 17.5 Å². The van der Waals surface area contributed by atoms with Crippen molar-refractivity contribution in [2.75, 3.05) is 61.3 Å². The fourth-order valence-corrected chi connectivity index (χ4v) is 2.42. The highest BCUT2D eigenvalue weighted by molar-refractivity contribution is 5.79. The van der Waals surface area contributed by atoms with Gasteiger partial charge in [0.25, 0.3) is 0 Å². The van der Waals surface area contributed by atoms with Crippen LogP contribution >= 0.6 is 0 Å². The van der Waals surface area contributed by atoms with Gasteiger partial charge in [0.1, 0.15) is 0 Å². The maximum absolute atomic E-state index is 5.51. The van der Waals surface area contributed by atoms with Crippen LogP contribution in [0.1, 0.15) is 18.9 Å². The molecule has 0 unspecified atom stereocenters. The third-order valence-electron chi connectivity index (χ3n) is 3.73. The fraction of sp³-hybridized carbons (Fsp3) is 0.632. The molecule has 154 valence electrons. The summed E-state index contributed by atoms with van der Waals surface area (Å²) in [6.45, 7) is 5.93. The van der Waals surface area contributed by atoms with Crippen LogP contribution in [0.5, 0.6) is 17.2 Å². The van der Waals surface area contributed by atoms with E-state index in [-0.39, 0.29) is 0 Å². The molecule has 0 spiro atoms. The Kier molecular flexibility index (Phi) is 11.8. The molecule has 0 fully saturated rings. The minimum atomic E-state index is 0.448. The number of aliphatic imine (C=N–C) groups is 1. The Labute approximate surface area is 162 Å². The second-order valence-corrected chi connectivity index (χ2v) is 5.57. The Hall–Kier alpha value is -2.19. The second kappa shape index (κ2) is 13.9. The van der Waals surface area contributed by atoms with Crippen molar-refractivity contribution in [1.82, 2.24) is 10.6 Å². The molecule has 0 aliphatic rings. The zero-order valence-corrected chi connectivity index (χ0v) is 17.1. The zero-order valence-electron chi connectivity index (χ0n) is 17.1. The molecule has 0 heterocycles. The summed E-state index contributed by atoms with van der Waals surface area (Å²) >= 11 is 0. The first kappa shape index (κ1) is 22.9. The van der Waals surface area contributed by atoms with E-state index < -0.39 is 0 Å². The summed E-state index contributed by atoms with van der Waals surface area (Å²) in [7, 11) is 6.46. The lowest BCUT2D eigenvalue weighted by Gasteiger charge is -2.15. The van der Waals surface area contributed by atoms with Crippen LogP contribution in [0.2, 0.25) is 0 Å². The SMILES string of the molecule is CCNC(=NCc1ccc(OC)c(OC)c1OC)NCCCOCCOC. The molecule has 0 saturated carbocycles. The quantitative estimate of drug-likeness (QED) is 0.305. The van der Waals surface area contributed by atoms with Crippen LogP contribution in [0.4, 0.5) is 0 Å². The molecule has 1 aromatic rings. The summed E-state index contributed by atoms with van der Waals surface area (Å²) in [5.41, 5.74) is 0.912. The van der Waals surface area contributed by atoms with E-state index in [0.717, 1.165) is 31.0 Å². The Balaban J connectivity index is 2.66. The minimum Gasteiger partial charge on any atom is -0.493 e. The molecular formula is C19H33N3O5. The van der Waals surface area contributed by atoms with E-state index >= 15 is 0 Å². The molecule has 0 atom stereocenters. The largest absolute Gasteiger partial charge is 0.493 e. The third-order valence-corrected chi connectivity index (χ3v) is 3.73. The molecule has 0 aromatic heterocycles. The topological polar surface area (TPSA) is 82.6 Å². The van der Waals surface area contributed by atoms with E-state index in [1.165, 1.54) is 0 Å². The third kappa shape index (κ3) is 7.92.